The van der Waals surface area contributed by atoms with Crippen molar-refractivity contribution in [3.63, 3.8) is 0 Å². The molecule has 1 aromatic heterocycles. The molecule has 0 atom stereocenters. The zero-order chi connectivity index (χ0) is 17.4. The Kier molecular flexibility index (Phi) is 3.78. The lowest BCUT2D eigenvalue weighted by atomic mass is 10.1. The van der Waals surface area contributed by atoms with Gasteiger partial charge >= 0.3 is 0 Å². The van der Waals surface area contributed by atoms with Crippen molar-refractivity contribution in [2.75, 3.05) is 0 Å². The summed E-state index contributed by atoms with van der Waals surface area (Å²) in [6, 6.07) is 11.2. The largest absolute Gasteiger partial charge is 0.310 e. The molecule has 2 aromatic carbocycles. The fourth-order valence-electron chi connectivity index (χ4n) is 2.78. The SMILES string of the molecule is Cc1cc2nc(-c3ccc(C)c([N+](=O)[O-])c3)n(CC#N)c2cc1C. The van der Waals surface area contributed by atoms with Gasteiger partial charge in [0.2, 0.25) is 0 Å². The van der Waals surface area contributed by atoms with Crippen LogP contribution in [0.5, 0.6) is 0 Å². The van der Waals surface area contributed by atoms with E-state index in [4.69, 9.17) is 0 Å². The number of nitro groups is 1. The summed E-state index contributed by atoms with van der Waals surface area (Å²) in [4.78, 5) is 15.4. The van der Waals surface area contributed by atoms with E-state index in [1.807, 2.05) is 26.0 Å². The van der Waals surface area contributed by atoms with Crippen LogP contribution < -0.4 is 0 Å². The van der Waals surface area contributed by atoms with Crippen molar-refractivity contribution in [2.45, 2.75) is 27.3 Å². The van der Waals surface area contributed by atoms with Crippen LogP contribution in [0.1, 0.15) is 16.7 Å². The van der Waals surface area contributed by atoms with E-state index < -0.39 is 4.92 Å². The lowest BCUT2D eigenvalue weighted by Gasteiger charge is -2.06. The summed E-state index contributed by atoms with van der Waals surface area (Å²) >= 11 is 0. The van der Waals surface area contributed by atoms with Crippen molar-refractivity contribution in [1.82, 2.24) is 9.55 Å². The van der Waals surface area contributed by atoms with Gasteiger partial charge in [0.15, 0.2) is 0 Å². The molecule has 0 saturated carbocycles. The van der Waals surface area contributed by atoms with E-state index in [-0.39, 0.29) is 12.2 Å². The van der Waals surface area contributed by atoms with Crippen molar-refractivity contribution < 1.29 is 4.92 Å². The van der Waals surface area contributed by atoms with Crippen LogP contribution in [0.4, 0.5) is 5.69 Å². The van der Waals surface area contributed by atoms with Gasteiger partial charge in [0.25, 0.3) is 5.69 Å². The molecule has 0 amide bonds. The average molecular weight is 320 g/mol. The zero-order valence-electron chi connectivity index (χ0n) is 13.7. The van der Waals surface area contributed by atoms with Gasteiger partial charge in [-0.15, -0.1) is 0 Å². The van der Waals surface area contributed by atoms with Crippen LogP contribution in [0.25, 0.3) is 22.4 Å². The normalized spacial score (nSPS) is 10.8. The van der Waals surface area contributed by atoms with Crippen molar-refractivity contribution in [3.05, 3.63) is 57.1 Å². The summed E-state index contributed by atoms with van der Waals surface area (Å²) in [6.45, 7) is 5.85. The predicted molar refractivity (Wildman–Crippen MR) is 91.6 cm³/mol. The monoisotopic (exact) mass is 320 g/mol. The minimum absolute atomic E-state index is 0.0513. The van der Waals surface area contributed by atoms with E-state index >= 15 is 0 Å². The highest BCUT2D eigenvalue weighted by molar-refractivity contribution is 5.82. The van der Waals surface area contributed by atoms with Crippen molar-refractivity contribution >= 4 is 16.7 Å². The fourth-order valence-corrected chi connectivity index (χ4v) is 2.78. The predicted octanol–water partition coefficient (Wildman–Crippen LogP) is 4.06. The number of imidazole rings is 1. The highest BCUT2D eigenvalue weighted by Gasteiger charge is 2.17. The quantitative estimate of drug-likeness (QED) is 0.538. The van der Waals surface area contributed by atoms with Crippen LogP contribution in [-0.4, -0.2) is 14.5 Å². The molecule has 3 aromatic rings. The molecule has 6 heteroatoms. The molecule has 24 heavy (non-hydrogen) atoms. The Balaban J connectivity index is 2.30. The molecule has 3 rings (SSSR count). The smallest absolute Gasteiger partial charge is 0.273 e. The number of benzene rings is 2. The van der Waals surface area contributed by atoms with E-state index in [0.717, 1.165) is 22.2 Å². The topological polar surface area (TPSA) is 84.8 Å². The molecule has 0 radical (unpaired) electrons. The highest BCUT2D eigenvalue weighted by Crippen LogP contribution is 2.30. The Hall–Kier alpha value is -3.20. The third kappa shape index (κ3) is 2.50. The fraction of sp³-hybridized carbons (Fsp3) is 0.222. The number of nitriles is 1. The van der Waals surface area contributed by atoms with E-state index in [2.05, 4.69) is 11.1 Å². The first-order valence-electron chi connectivity index (χ1n) is 7.52. The number of rotatable bonds is 3. The van der Waals surface area contributed by atoms with E-state index in [9.17, 15) is 15.4 Å². The molecule has 6 nitrogen and oxygen atoms in total. The molecule has 0 N–H and O–H groups in total. The minimum atomic E-state index is -0.398. The van der Waals surface area contributed by atoms with Gasteiger partial charge in [0, 0.05) is 17.2 Å². The Morgan fingerprint density at radius 2 is 1.88 bits per heavy atom. The van der Waals surface area contributed by atoms with Crippen LogP contribution in [0, 0.1) is 42.2 Å². The van der Waals surface area contributed by atoms with Crippen LogP contribution in [-0.2, 0) is 6.54 Å². The van der Waals surface area contributed by atoms with Gasteiger partial charge in [-0.1, -0.05) is 12.1 Å². The van der Waals surface area contributed by atoms with E-state index in [1.165, 1.54) is 6.07 Å². The molecule has 0 saturated heterocycles. The number of nitro benzene ring substituents is 1. The van der Waals surface area contributed by atoms with Gasteiger partial charge in [-0.2, -0.15) is 5.26 Å². The van der Waals surface area contributed by atoms with Gasteiger partial charge in [0.1, 0.15) is 12.4 Å². The maximum Gasteiger partial charge on any atom is 0.273 e. The molecule has 1 heterocycles. The molecule has 120 valence electrons. The summed E-state index contributed by atoms with van der Waals surface area (Å²) in [5, 5.41) is 20.4. The third-order valence-electron chi connectivity index (χ3n) is 4.26. The second-order valence-corrected chi connectivity index (χ2v) is 5.86. The van der Waals surface area contributed by atoms with Crippen molar-refractivity contribution in [2.24, 2.45) is 0 Å². The molecule has 0 aliphatic rings. The maximum atomic E-state index is 11.2. The Morgan fingerprint density at radius 1 is 1.17 bits per heavy atom. The van der Waals surface area contributed by atoms with Crippen molar-refractivity contribution in [1.29, 1.82) is 5.26 Å². The van der Waals surface area contributed by atoms with Crippen LogP contribution in [0.2, 0.25) is 0 Å². The van der Waals surface area contributed by atoms with Crippen LogP contribution in [0.15, 0.2) is 30.3 Å². The van der Waals surface area contributed by atoms with Crippen molar-refractivity contribution in [3.8, 4) is 17.5 Å². The van der Waals surface area contributed by atoms with Gasteiger partial charge in [-0.25, -0.2) is 4.98 Å². The summed E-state index contributed by atoms with van der Waals surface area (Å²) in [5.41, 5.74) is 5.15. The minimum Gasteiger partial charge on any atom is -0.310 e. The molecule has 0 spiro atoms. The number of hydrogen-bond donors (Lipinski definition) is 0. The lowest BCUT2D eigenvalue weighted by Crippen LogP contribution is -2.00. The number of nitrogens with zero attached hydrogens (tertiary/aromatic N) is 4. The second kappa shape index (κ2) is 5.78. The maximum absolute atomic E-state index is 11.2. The molecular formula is C18H16N4O2. The number of aryl methyl sites for hydroxylation is 3. The Morgan fingerprint density at radius 3 is 2.54 bits per heavy atom. The van der Waals surface area contributed by atoms with Gasteiger partial charge in [-0.3, -0.25) is 10.1 Å². The standard InChI is InChI=1S/C18H16N4O2/c1-11-4-5-14(10-16(11)22(23)24)18-20-15-8-12(2)13(3)9-17(15)21(18)7-6-19/h4-5,8-10H,7H2,1-3H3. The second-order valence-electron chi connectivity index (χ2n) is 5.86. The summed E-state index contributed by atoms with van der Waals surface area (Å²) < 4.78 is 1.80. The molecule has 0 aliphatic heterocycles. The third-order valence-corrected chi connectivity index (χ3v) is 4.26. The first-order chi connectivity index (χ1) is 11.4. The average Bonchev–Trinajstić information content (AvgIpc) is 2.86. The molecule has 0 aliphatic carbocycles. The summed E-state index contributed by atoms with van der Waals surface area (Å²) in [6.07, 6.45) is 0. The number of hydrogen-bond acceptors (Lipinski definition) is 4. The molecule has 0 unspecified atom stereocenters. The number of fused-ring (bicyclic) bond motifs is 1. The Labute approximate surface area is 139 Å². The van der Waals surface area contributed by atoms with Gasteiger partial charge in [0.05, 0.1) is 22.0 Å². The number of aromatic nitrogens is 2. The molecule has 0 bridgehead atoms. The highest BCUT2D eigenvalue weighted by atomic mass is 16.6. The zero-order valence-corrected chi connectivity index (χ0v) is 13.7. The first kappa shape index (κ1) is 15.7. The summed E-state index contributed by atoms with van der Waals surface area (Å²) in [5.74, 6) is 0.569. The lowest BCUT2D eigenvalue weighted by molar-refractivity contribution is -0.385. The van der Waals surface area contributed by atoms with Gasteiger partial charge < -0.3 is 4.57 Å². The van der Waals surface area contributed by atoms with Gasteiger partial charge in [-0.05, 0) is 44.0 Å². The van der Waals surface area contributed by atoms with Crippen LogP contribution in [0.3, 0.4) is 0 Å². The Bertz CT molecular complexity index is 1010. The molecular weight excluding hydrogens is 304 g/mol. The van der Waals surface area contributed by atoms with Crippen LogP contribution >= 0.6 is 0 Å². The summed E-state index contributed by atoms with van der Waals surface area (Å²) in [7, 11) is 0. The first-order valence-corrected chi connectivity index (χ1v) is 7.52. The van der Waals surface area contributed by atoms with E-state index in [1.54, 1.807) is 23.6 Å². The van der Waals surface area contributed by atoms with E-state index in [0.29, 0.717) is 17.0 Å². The molecule has 0 fully saturated rings.